The number of benzene rings is 1. The average Bonchev–Trinajstić information content (AvgIpc) is 2.77. The van der Waals surface area contributed by atoms with Gasteiger partial charge in [0.1, 0.15) is 5.82 Å². The molecule has 0 radical (unpaired) electrons. The fourth-order valence-electron chi connectivity index (χ4n) is 1.59. The van der Waals surface area contributed by atoms with Crippen molar-refractivity contribution < 1.29 is 9.18 Å². The molecule has 0 unspecified atom stereocenters. The maximum atomic E-state index is 13.0. The van der Waals surface area contributed by atoms with Crippen LogP contribution in [-0.2, 0) is 5.54 Å². The number of nitrogens with zero attached hydrogens (tertiary/aromatic N) is 2. The molecule has 1 aromatic carbocycles. The minimum absolute atomic E-state index is 0.151. The van der Waals surface area contributed by atoms with Gasteiger partial charge in [-0.3, -0.25) is 9.48 Å². The SMILES string of the molecule is CC(C)(C)n1cc(NC(=O)c2cccc(F)c2)cn1. The summed E-state index contributed by atoms with van der Waals surface area (Å²) in [6, 6.07) is 5.56. The van der Waals surface area contributed by atoms with Crippen molar-refractivity contribution in [2.75, 3.05) is 5.32 Å². The lowest BCUT2D eigenvalue weighted by atomic mass is 10.1. The maximum absolute atomic E-state index is 13.0. The Morgan fingerprint density at radius 2 is 2.11 bits per heavy atom. The van der Waals surface area contributed by atoms with Gasteiger partial charge in [0.15, 0.2) is 0 Å². The van der Waals surface area contributed by atoms with E-state index in [0.29, 0.717) is 5.69 Å². The molecule has 0 bridgehead atoms. The summed E-state index contributed by atoms with van der Waals surface area (Å²) in [7, 11) is 0. The van der Waals surface area contributed by atoms with Gasteiger partial charge in [-0.15, -0.1) is 0 Å². The van der Waals surface area contributed by atoms with Gasteiger partial charge in [0.2, 0.25) is 0 Å². The highest BCUT2D eigenvalue weighted by molar-refractivity contribution is 6.04. The van der Waals surface area contributed by atoms with Gasteiger partial charge >= 0.3 is 0 Å². The molecule has 19 heavy (non-hydrogen) atoms. The molecule has 0 saturated heterocycles. The summed E-state index contributed by atoms with van der Waals surface area (Å²) < 4.78 is 14.8. The lowest BCUT2D eigenvalue weighted by Gasteiger charge is -2.18. The number of amides is 1. The molecule has 1 aromatic heterocycles. The van der Waals surface area contributed by atoms with Gasteiger partial charge in [-0.05, 0) is 39.0 Å². The van der Waals surface area contributed by atoms with Crippen LogP contribution in [0.4, 0.5) is 10.1 Å². The molecule has 1 heterocycles. The number of rotatable bonds is 2. The van der Waals surface area contributed by atoms with Crippen LogP contribution in [0.3, 0.4) is 0 Å². The normalized spacial score (nSPS) is 11.4. The largest absolute Gasteiger partial charge is 0.319 e. The Balaban J connectivity index is 2.13. The van der Waals surface area contributed by atoms with Crippen molar-refractivity contribution in [2.45, 2.75) is 26.3 Å². The van der Waals surface area contributed by atoms with E-state index in [2.05, 4.69) is 10.4 Å². The Hall–Kier alpha value is -2.17. The van der Waals surface area contributed by atoms with Crippen LogP contribution in [0.5, 0.6) is 0 Å². The molecular formula is C14H16FN3O. The molecule has 0 atom stereocenters. The van der Waals surface area contributed by atoms with Crippen molar-refractivity contribution in [3.05, 3.63) is 48.0 Å². The summed E-state index contributed by atoms with van der Waals surface area (Å²) in [5.74, 6) is -0.786. The fraction of sp³-hybridized carbons (Fsp3) is 0.286. The smallest absolute Gasteiger partial charge is 0.255 e. The van der Waals surface area contributed by atoms with Crippen molar-refractivity contribution in [3.8, 4) is 0 Å². The first-order chi connectivity index (χ1) is 8.86. The molecule has 0 aliphatic rings. The van der Waals surface area contributed by atoms with E-state index in [9.17, 15) is 9.18 Å². The summed E-state index contributed by atoms with van der Waals surface area (Å²) in [5, 5.41) is 6.87. The van der Waals surface area contributed by atoms with Crippen molar-refractivity contribution in [1.29, 1.82) is 0 Å². The monoisotopic (exact) mass is 261 g/mol. The molecule has 0 aliphatic carbocycles. The molecule has 5 heteroatoms. The number of halogens is 1. The molecular weight excluding hydrogens is 245 g/mol. The number of carbonyl (C=O) groups is 1. The molecule has 0 spiro atoms. The molecule has 1 amide bonds. The number of hydrogen-bond donors (Lipinski definition) is 1. The van der Waals surface area contributed by atoms with Gasteiger partial charge in [-0.25, -0.2) is 4.39 Å². The second-order valence-corrected chi connectivity index (χ2v) is 5.31. The van der Waals surface area contributed by atoms with Crippen LogP contribution in [0.25, 0.3) is 0 Å². The van der Waals surface area contributed by atoms with Gasteiger partial charge in [0.05, 0.1) is 17.4 Å². The Kier molecular flexibility index (Phi) is 3.38. The van der Waals surface area contributed by atoms with Crippen molar-refractivity contribution in [1.82, 2.24) is 9.78 Å². The summed E-state index contributed by atoms with van der Waals surface area (Å²) >= 11 is 0. The van der Waals surface area contributed by atoms with E-state index in [1.165, 1.54) is 18.2 Å². The quantitative estimate of drug-likeness (QED) is 0.903. The van der Waals surface area contributed by atoms with E-state index in [1.807, 2.05) is 20.8 Å². The van der Waals surface area contributed by atoms with Crippen LogP contribution >= 0.6 is 0 Å². The third kappa shape index (κ3) is 3.19. The lowest BCUT2D eigenvalue weighted by molar-refractivity contribution is 0.102. The maximum Gasteiger partial charge on any atom is 0.255 e. The van der Waals surface area contributed by atoms with Crippen LogP contribution in [0.15, 0.2) is 36.7 Å². The van der Waals surface area contributed by atoms with Crippen LogP contribution < -0.4 is 5.32 Å². The zero-order chi connectivity index (χ0) is 14.0. The van der Waals surface area contributed by atoms with Gasteiger partial charge in [-0.1, -0.05) is 6.07 Å². The standard InChI is InChI=1S/C14H16FN3O/c1-14(2,3)18-9-12(8-16-18)17-13(19)10-5-4-6-11(15)7-10/h4-9H,1-3H3,(H,17,19). The molecule has 2 aromatic rings. The molecule has 100 valence electrons. The zero-order valence-corrected chi connectivity index (χ0v) is 11.1. The lowest BCUT2D eigenvalue weighted by Crippen LogP contribution is -2.22. The molecule has 4 nitrogen and oxygen atoms in total. The Morgan fingerprint density at radius 1 is 1.37 bits per heavy atom. The number of carbonyl (C=O) groups excluding carboxylic acids is 1. The Morgan fingerprint density at radius 3 is 2.68 bits per heavy atom. The molecule has 0 fully saturated rings. The van der Waals surface area contributed by atoms with Gasteiger partial charge < -0.3 is 5.32 Å². The number of nitrogens with one attached hydrogen (secondary N) is 1. The van der Waals surface area contributed by atoms with Crippen molar-refractivity contribution in [2.24, 2.45) is 0 Å². The van der Waals surface area contributed by atoms with Crippen LogP contribution in [0, 0.1) is 5.82 Å². The average molecular weight is 261 g/mol. The topological polar surface area (TPSA) is 46.9 Å². The number of hydrogen-bond acceptors (Lipinski definition) is 2. The van der Waals surface area contributed by atoms with E-state index in [4.69, 9.17) is 0 Å². The summed E-state index contributed by atoms with van der Waals surface area (Å²) in [6.07, 6.45) is 3.32. The van der Waals surface area contributed by atoms with E-state index < -0.39 is 5.82 Å². The molecule has 1 N–H and O–H groups in total. The summed E-state index contributed by atoms with van der Waals surface area (Å²) in [5.41, 5.74) is 0.717. The second-order valence-electron chi connectivity index (χ2n) is 5.31. The van der Waals surface area contributed by atoms with Crippen molar-refractivity contribution in [3.63, 3.8) is 0 Å². The second kappa shape index (κ2) is 4.84. The third-order valence-electron chi connectivity index (χ3n) is 2.61. The third-order valence-corrected chi connectivity index (χ3v) is 2.61. The number of anilines is 1. The first-order valence-electron chi connectivity index (χ1n) is 5.98. The highest BCUT2D eigenvalue weighted by Gasteiger charge is 2.15. The van der Waals surface area contributed by atoms with Gasteiger partial charge in [0, 0.05) is 11.8 Å². The number of aromatic nitrogens is 2. The molecule has 0 aliphatic heterocycles. The minimum Gasteiger partial charge on any atom is -0.319 e. The predicted molar refractivity (Wildman–Crippen MR) is 71.6 cm³/mol. The zero-order valence-electron chi connectivity index (χ0n) is 11.1. The highest BCUT2D eigenvalue weighted by atomic mass is 19.1. The van der Waals surface area contributed by atoms with Gasteiger partial charge in [-0.2, -0.15) is 5.10 Å². The van der Waals surface area contributed by atoms with E-state index in [1.54, 1.807) is 23.1 Å². The van der Waals surface area contributed by atoms with E-state index >= 15 is 0 Å². The first-order valence-corrected chi connectivity index (χ1v) is 5.98. The fourth-order valence-corrected chi connectivity index (χ4v) is 1.59. The summed E-state index contributed by atoms with van der Waals surface area (Å²) in [4.78, 5) is 11.9. The van der Waals surface area contributed by atoms with Crippen LogP contribution in [-0.4, -0.2) is 15.7 Å². The molecule has 0 saturated carbocycles. The van der Waals surface area contributed by atoms with Crippen LogP contribution in [0.1, 0.15) is 31.1 Å². The minimum atomic E-state index is -0.432. The Bertz CT molecular complexity index is 599. The molecule has 2 rings (SSSR count). The van der Waals surface area contributed by atoms with Crippen LogP contribution in [0.2, 0.25) is 0 Å². The van der Waals surface area contributed by atoms with Gasteiger partial charge in [0.25, 0.3) is 5.91 Å². The highest BCUT2D eigenvalue weighted by Crippen LogP contribution is 2.16. The predicted octanol–water partition coefficient (Wildman–Crippen LogP) is 3.03. The first kappa shape index (κ1) is 13.3. The summed E-state index contributed by atoms with van der Waals surface area (Å²) in [6.45, 7) is 6.04. The van der Waals surface area contributed by atoms with E-state index in [-0.39, 0.29) is 17.0 Å². The van der Waals surface area contributed by atoms with E-state index in [0.717, 1.165) is 0 Å². The Labute approximate surface area is 111 Å². The van der Waals surface area contributed by atoms with Crippen molar-refractivity contribution >= 4 is 11.6 Å².